The number of carbonyl (C=O) groups excluding carboxylic acids is 2. The summed E-state index contributed by atoms with van der Waals surface area (Å²) < 4.78 is 35.4. The molecule has 1 atom stereocenters. The SMILES string of the molecule is C=C1OC(CNC)CN1c1cc(F)c(N2CCN(C(=O)CCNC=O)CC2)c(F)c1. The first-order valence-electron chi connectivity index (χ1n) is 9.91. The van der Waals surface area contributed by atoms with Crippen LogP contribution in [0, 0.1) is 11.6 Å². The van der Waals surface area contributed by atoms with Gasteiger partial charge in [-0.2, -0.15) is 0 Å². The minimum absolute atomic E-state index is 0.0917. The fourth-order valence-corrected chi connectivity index (χ4v) is 3.77. The summed E-state index contributed by atoms with van der Waals surface area (Å²) in [5, 5.41) is 5.46. The van der Waals surface area contributed by atoms with E-state index in [0.29, 0.717) is 57.2 Å². The summed E-state index contributed by atoms with van der Waals surface area (Å²) in [6.45, 7) is 6.53. The van der Waals surface area contributed by atoms with E-state index in [0.717, 1.165) is 0 Å². The van der Waals surface area contributed by atoms with Crippen molar-refractivity contribution in [3.8, 4) is 0 Å². The highest BCUT2D eigenvalue weighted by Crippen LogP contribution is 2.33. The Balaban J connectivity index is 1.65. The Morgan fingerprint density at radius 1 is 1.27 bits per heavy atom. The van der Waals surface area contributed by atoms with E-state index in [9.17, 15) is 18.4 Å². The molecule has 3 rings (SSSR count). The van der Waals surface area contributed by atoms with Gasteiger partial charge in [-0.15, -0.1) is 0 Å². The number of carbonyl (C=O) groups is 2. The van der Waals surface area contributed by atoms with Gasteiger partial charge in [-0.1, -0.05) is 0 Å². The van der Waals surface area contributed by atoms with E-state index in [-0.39, 0.29) is 30.7 Å². The van der Waals surface area contributed by atoms with Crippen molar-refractivity contribution in [2.45, 2.75) is 12.5 Å². The standard InChI is InChI=1S/C20H27F2N5O3/c1-14-27(12-16(30-14)11-23-2)15-9-17(21)20(18(22)10-15)26-7-5-25(6-8-26)19(29)3-4-24-13-28/h9-10,13,16,23H,1,3-8,11-12H2,2H3,(H,24,28). The number of ether oxygens (including phenoxy) is 1. The summed E-state index contributed by atoms with van der Waals surface area (Å²) in [7, 11) is 1.80. The van der Waals surface area contributed by atoms with Gasteiger partial charge in [0.2, 0.25) is 12.3 Å². The van der Waals surface area contributed by atoms with Crippen LogP contribution in [-0.4, -0.2) is 76.2 Å². The maximum absolute atomic E-state index is 14.9. The zero-order chi connectivity index (χ0) is 21.7. The van der Waals surface area contributed by atoms with Crippen molar-refractivity contribution >= 4 is 23.7 Å². The second kappa shape index (κ2) is 9.75. The quantitative estimate of drug-likeness (QED) is 0.472. The molecule has 0 spiro atoms. The summed E-state index contributed by atoms with van der Waals surface area (Å²) in [6, 6.07) is 2.58. The molecule has 0 aliphatic carbocycles. The van der Waals surface area contributed by atoms with Gasteiger partial charge in [0.1, 0.15) is 11.8 Å². The maximum Gasteiger partial charge on any atom is 0.224 e. The first-order chi connectivity index (χ1) is 14.4. The molecule has 2 amide bonds. The molecule has 2 fully saturated rings. The van der Waals surface area contributed by atoms with E-state index in [4.69, 9.17) is 4.74 Å². The molecule has 2 N–H and O–H groups in total. The zero-order valence-corrected chi connectivity index (χ0v) is 17.0. The summed E-state index contributed by atoms with van der Waals surface area (Å²) in [5.74, 6) is -1.06. The van der Waals surface area contributed by atoms with E-state index in [1.54, 1.807) is 21.7 Å². The molecule has 2 saturated heterocycles. The van der Waals surface area contributed by atoms with Crippen molar-refractivity contribution < 1.29 is 23.1 Å². The van der Waals surface area contributed by atoms with E-state index >= 15 is 0 Å². The highest BCUT2D eigenvalue weighted by Gasteiger charge is 2.30. The van der Waals surface area contributed by atoms with Gasteiger partial charge in [-0.25, -0.2) is 8.78 Å². The number of nitrogens with zero attached hydrogens (tertiary/aromatic N) is 3. The maximum atomic E-state index is 14.9. The van der Waals surface area contributed by atoms with Crippen molar-refractivity contribution in [2.75, 3.05) is 62.7 Å². The summed E-state index contributed by atoms with van der Waals surface area (Å²) >= 11 is 0. The summed E-state index contributed by atoms with van der Waals surface area (Å²) in [4.78, 5) is 27.3. The second-order valence-corrected chi connectivity index (χ2v) is 7.25. The van der Waals surface area contributed by atoms with Gasteiger partial charge in [0.25, 0.3) is 0 Å². The molecular weight excluding hydrogens is 396 g/mol. The molecule has 1 aromatic rings. The topological polar surface area (TPSA) is 77.2 Å². The Hall–Kier alpha value is -2.88. The van der Waals surface area contributed by atoms with Crippen molar-refractivity contribution in [1.29, 1.82) is 0 Å². The minimum Gasteiger partial charge on any atom is -0.473 e. The molecule has 1 unspecified atom stereocenters. The number of amides is 2. The average Bonchev–Trinajstić information content (AvgIpc) is 3.08. The lowest BCUT2D eigenvalue weighted by Gasteiger charge is -2.36. The first kappa shape index (κ1) is 21.8. The van der Waals surface area contributed by atoms with Gasteiger partial charge >= 0.3 is 0 Å². The van der Waals surface area contributed by atoms with Crippen LogP contribution in [0.4, 0.5) is 20.2 Å². The van der Waals surface area contributed by atoms with Crippen LogP contribution < -0.4 is 20.4 Å². The minimum atomic E-state index is -0.662. The van der Waals surface area contributed by atoms with Crippen LogP contribution >= 0.6 is 0 Å². The van der Waals surface area contributed by atoms with E-state index < -0.39 is 11.6 Å². The molecule has 1 aromatic carbocycles. The normalized spacial score (nSPS) is 19.1. The van der Waals surface area contributed by atoms with E-state index in [2.05, 4.69) is 17.2 Å². The smallest absolute Gasteiger partial charge is 0.224 e. The Morgan fingerprint density at radius 2 is 1.93 bits per heavy atom. The highest BCUT2D eigenvalue weighted by atomic mass is 19.1. The highest BCUT2D eigenvalue weighted by molar-refractivity contribution is 5.77. The lowest BCUT2D eigenvalue weighted by molar-refractivity contribution is -0.131. The van der Waals surface area contributed by atoms with Crippen LogP contribution in [0.25, 0.3) is 0 Å². The van der Waals surface area contributed by atoms with Crippen LogP contribution in [0.3, 0.4) is 0 Å². The van der Waals surface area contributed by atoms with Crippen LogP contribution in [-0.2, 0) is 14.3 Å². The van der Waals surface area contributed by atoms with Crippen molar-refractivity contribution in [3.63, 3.8) is 0 Å². The van der Waals surface area contributed by atoms with Gasteiger partial charge in [0.15, 0.2) is 17.5 Å². The first-order valence-corrected chi connectivity index (χ1v) is 9.91. The molecule has 8 nitrogen and oxygen atoms in total. The van der Waals surface area contributed by atoms with E-state index in [1.165, 1.54) is 12.1 Å². The third-order valence-electron chi connectivity index (χ3n) is 5.25. The third kappa shape index (κ3) is 4.81. The number of piperazine rings is 1. The number of hydrogen-bond acceptors (Lipinski definition) is 6. The monoisotopic (exact) mass is 423 g/mol. The number of nitrogens with one attached hydrogen (secondary N) is 2. The van der Waals surface area contributed by atoms with Crippen LogP contribution in [0.1, 0.15) is 6.42 Å². The van der Waals surface area contributed by atoms with Crippen molar-refractivity contribution in [1.82, 2.24) is 15.5 Å². The van der Waals surface area contributed by atoms with Gasteiger partial charge < -0.3 is 30.1 Å². The molecule has 0 bridgehead atoms. The molecule has 2 aliphatic rings. The average molecular weight is 423 g/mol. The van der Waals surface area contributed by atoms with Crippen LogP contribution in [0.2, 0.25) is 0 Å². The van der Waals surface area contributed by atoms with Gasteiger partial charge in [0, 0.05) is 51.4 Å². The molecular formula is C20H27F2N5O3. The van der Waals surface area contributed by atoms with Crippen LogP contribution in [0.5, 0.6) is 0 Å². The fraction of sp³-hybridized carbons (Fsp3) is 0.500. The fourth-order valence-electron chi connectivity index (χ4n) is 3.77. The predicted molar refractivity (Wildman–Crippen MR) is 109 cm³/mol. The van der Waals surface area contributed by atoms with Crippen LogP contribution in [0.15, 0.2) is 24.6 Å². The molecule has 0 aromatic heterocycles. The third-order valence-corrected chi connectivity index (χ3v) is 5.25. The summed E-state index contributed by atoms with van der Waals surface area (Å²) in [5.41, 5.74) is 0.264. The van der Waals surface area contributed by atoms with Gasteiger partial charge in [-0.3, -0.25) is 9.59 Å². The lowest BCUT2D eigenvalue weighted by Crippen LogP contribution is -2.49. The van der Waals surface area contributed by atoms with Crippen molar-refractivity contribution in [3.05, 3.63) is 36.2 Å². The van der Waals surface area contributed by atoms with Gasteiger partial charge in [-0.05, 0) is 25.8 Å². The molecule has 164 valence electrons. The van der Waals surface area contributed by atoms with Gasteiger partial charge in [0.05, 0.1) is 6.54 Å². The number of anilines is 2. The Kier molecular flexibility index (Phi) is 7.09. The molecule has 2 aliphatic heterocycles. The molecule has 0 saturated carbocycles. The Labute approximate surface area is 174 Å². The Bertz CT molecular complexity index is 776. The number of rotatable bonds is 8. The number of likely N-dealkylation sites (N-methyl/N-ethyl adjacent to an activating group) is 1. The molecule has 2 heterocycles. The number of halogens is 2. The predicted octanol–water partition coefficient (Wildman–Crippen LogP) is 0.645. The number of hydrogen-bond donors (Lipinski definition) is 2. The molecule has 10 heteroatoms. The molecule has 30 heavy (non-hydrogen) atoms. The van der Waals surface area contributed by atoms with Crippen molar-refractivity contribution in [2.24, 2.45) is 0 Å². The lowest BCUT2D eigenvalue weighted by atomic mass is 10.2. The Morgan fingerprint density at radius 3 is 2.53 bits per heavy atom. The zero-order valence-electron chi connectivity index (χ0n) is 17.0. The molecule has 0 radical (unpaired) electrons. The largest absolute Gasteiger partial charge is 0.473 e. The van der Waals surface area contributed by atoms with E-state index in [1.807, 2.05) is 0 Å². The second-order valence-electron chi connectivity index (χ2n) is 7.25. The number of benzene rings is 1. The summed E-state index contributed by atoms with van der Waals surface area (Å²) in [6.07, 6.45) is 0.609.